The fourth-order valence-electron chi connectivity index (χ4n) is 3.13. The van der Waals surface area contributed by atoms with Gasteiger partial charge in [-0.15, -0.1) is 24.0 Å². The smallest absolute Gasteiger partial charge is 0.387 e. The van der Waals surface area contributed by atoms with E-state index in [1.165, 1.54) is 12.1 Å². The van der Waals surface area contributed by atoms with Gasteiger partial charge in [-0.1, -0.05) is 12.1 Å². The second kappa shape index (κ2) is 13.9. The second-order valence-corrected chi connectivity index (χ2v) is 7.25. The van der Waals surface area contributed by atoms with E-state index >= 15 is 0 Å². The number of benzene rings is 1. The highest BCUT2D eigenvalue weighted by molar-refractivity contribution is 14.0. The molecule has 1 saturated heterocycles. The van der Waals surface area contributed by atoms with Gasteiger partial charge in [-0.2, -0.15) is 8.78 Å². The van der Waals surface area contributed by atoms with Crippen LogP contribution < -0.4 is 15.4 Å². The van der Waals surface area contributed by atoms with Crippen LogP contribution in [0.3, 0.4) is 0 Å². The van der Waals surface area contributed by atoms with E-state index in [9.17, 15) is 13.9 Å². The summed E-state index contributed by atoms with van der Waals surface area (Å²) in [6, 6.07) is 6.32. The van der Waals surface area contributed by atoms with E-state index in [1.54, 1.807) is 12.1 Å². The highest BCUT2D eigenvalue weighted by atomic mass is 127. The van der Waals surface area contributed by atoms with Crippen molar-refractivity contribution in [3.8, 4) is 5.75 Å². The van der Waals surface area contributed by atoms with E-state index in [0.29, 0.717) is 30.7 Å². The third kappa shape index (κ3) is 9.27. The zero-order valence-corrected chi connectivity index (χ0v) is 20.2. The van der Waals surface area contributed by atoms with Crippen molar-refractivity contribution < 1.29 is 18.6 Å². The second-order valence-electron chi connectivity index (χ2n) is 7.25. The van der Waals surface area contributed by atoms with Gasteiger partial charge in [0.15, 0.2) is 5.96 Å². The predicted octanol–water partition coefficient (Wildman–Crippen LogP) is 2.13. The molecule has 0 spiro atoms. The van der Waals surface area contributed by atoms with Crippen LogP contribution in [0.25, 0.3) is 0 Å². The molecular weight excluding hydrogens is 507 g/mol. The summed E-state index contributed by atoms with van der Waals surface area (Å²) < 4.78 is 28.8. The lowest BCUT2D eigenvalue weighted by atomic mass is 10.1. The molecule has 3 N–H and O–H groups in total. The zero-order valence-electron chi connectivity index (χ0n) is 17.9. The van der Waals surface area contributed by atoms with E-state index in [-0.39, 0.29) is 36.3 Å². The number of guanidine groups is 1. The number of rotatable bonds is 9. The molecule has 1 aliphatic rings. The summed E-state index contributed by atoms with van der Waals surface area (Å²) in [7, 11) is 2.14. The third-order valence-corrected chi connectivity index (χ3v) is 4.97. The van der Waals surface area contributed by atoms with Crippen molar-refractivity contribution in [2.75, 3.05) is 52.9 Å². The lowest BCUT2D eigenvalue weighted by Crippen LogP contribution is -2.49. The molecule has 7 nitrogen and oxygen atoms in total. The molecule has 0 aliphatic carbocycles. The number of aliphatic imine (C=N–C) groups is 1. The Labute approximate surface area is 194 Å². The lowest BCUT2D eigenvalue weighted by Gasteiger charge is -2.35. The van der Waals surface area contributed by atoms with Gasteiger partial charge in [-0.05, 0) is 38.6 Å². The molecule has 172 valence electrons. The molecule has 30 heavy (non-hydrogen) atoms. The van der Waals surface area contributed by atoms with Gasteiger partial charge in [-0.25, -0.2) is 0 Å². The molecule has 0 radical (unpaired) electrons. The van der Waals surface area contributed by atoms with Gasteiger partial charge in [-0.3, -0.25) is 9.89 Å². The van der Waals surface area contributed by atoms with Crippen molar-refractivity contribution in [1.82, 2.24) is 20.4 Å². The third-order valence-electron chi connectivity index (χ3n) is 4.97. The summed E-state index contributed by atoms with van der Waals surface area (Å²) in [5, 5.41) is 16.7. The van der Waals surface area contributed by atoms with Gasteiger partial charge in [0, 0.05) is 45.3 Å². The summed E-state index contributed by atoms with van der Waals surface area (Å²) in [5.74, 6) is 0.710. The Bertz CT molecular complexity index is 628. The molecule has 1 heterocycles. The fourth-order valence-corrected chi connectivity index (χ4v) is 3.13. The molecule has 0 aromatic heterocycles. The summed E-state index contributed by atoms with van der Waals surface area (Å²) in [6.45, 7) is 7.15. The van der Waals surface area contributed by atoms with Crippen LogP contribution in [0.5, 0.6) is 5.75 Å². The van der Waals surface area contributed by atoms with Crippen LogP contribution in [0, 0.1) is 0 Å². The van der Waals surface area contributed by atoms with E-state index in [4.69, 9.17) is 0 Å². The summed E-state index contributed by atoms with van der Waals surface area (Å²) in [6.07, 6.45) is -0.797. The maximum Gasteiger partial charge on any atom is 0.387 e. The number of halogens is 3. The van der Waals surface area contributed by atoms with Crippen LogP contribution in [0.1, 0.15) is 25.5 Å². The van der Waals surface area contributed by atoms with Crippen LogP contribution in [-0.4, -0.2) is 86.4 Å². The molecule has 1 aromatic carbocycles. The van der Waals surface area contributed by atoms with Crippen molar-refractivity contribution in [2.45, 2.75) is 32.6 Å². The van der Waals surface area contributed by atoms with Crippen LogP contribution >= 0.6 is 24.0 Å². The number of aliphatic hydroxyl groups is 1. The minimum Gasteiger partial charge on any atom is -0.435 e. The SMILES string of the molecule is CCNC(=NCC(C)N1CCN(C)CC1)NCC(O)c1ccc(OC(F)F)cc1.I. The van der Waals surface area contributed by atoms with E-state index in [2.05, 4.69) is 44.1 Å². The first-order chi connectivity index (χ1) is 13.9. The first-order valence-corrected chi connectivity index (χ1v) is 10.1. The van der Waals surface area contributed by atoms with Crippen molar-refractivity contribution in [3.05, 3.63) is 29.8 Å². The van der Waals surface area contributed by atoms with Gasteiger partial charge < -0.3 is 25.4 Å². The molecule has 2 unspecified atom stereocenters. The molecule has 1 fully saturated rings. The first kappa shape index (κ1) is 26.8. The van der Waals surface area contributed by atoms with Gasteiger partial charge in [0.05, 0.1) is 12.6 Å². The highest BCUT2D eigenvalue weighted by Crippen LogP contribution is 2.19. The van der Waals surface area contributed by atoms with Gasteiger partial charge >= 0.3 is 6.61 Å². The standard InChI is InChI=1S/C20H33F2N5O2.HI/c1-4-23-20(24-13-15(2)27-11-9-26(3)10-12-27)25-14-18(28)16-5-7-17(8-6-16)29-19(21)22;/h5-8,15,18-19,28H,4,9-14H2,1-3H3,(H2,23,24,25);1H. The highest BCUT2D eigenvalue weighted by Gasteiger charge is 2.19. The largest absolute Gasteiger partial charge is 0.435 e. The normalized spacial score (nSPS) is 17.9. The van der Waals surface area contributed by atoms with E-state index < -0.39 is 12.7 Å². The molecular formula is C20H34F2IN5O2. The minimum absolute atomic E-state index is 0. The van der Waals surface area contributed by atoms with Gasteiger partial charge in [0.1, 0.15) is 5.75 Å². The molecule has 0 amide bonds. The number of aliphatic hydroxyl groups excluding tert-OH is 1. The number of hydrogen-bond donors (Lipinski definition) is 3. The van der Waals surface area contributed by atoms with Crippen LogP contribution in [0.15, 0.2) is 29.3 Å². The van der Waals surface area contributed by atoms with Crippen LogP contribution in [0.2, 0.25) is 0 Å². The number of likely N-dealkylation sites (N-methyl/N-ethyl adjacent to an activating group) is 1. The topological polar surface area (TPSA) is 72.4 Å². The Balaban J connectivity index is 0.00000450. The molecule has 0 saturated carbocycles. The Kier molecular flexibility index (Phi) is 12.5. The Morgan fingerprint density at radius 2 is 1.80 bits per heavy atom. The monoisotopic (exact) mass is 541 g/mol. The molecule has 0 bridgehead atoms. The van der Waals surface area contributed by atoms with E-state index in [1.807, 2.05) is 6.92 Å². The Morgan fingerprint density at radius 3 is 2.37 bits per heavy atom. The van der Waals surface area contributed by atoms with Crippen LogP contribution in [-0.2, 0) is 0 Å². The molecule has 1 aromatic rings. The van der Waals surface area contributed by atoms with Gasteiger partial charge in [0.25, 0.3) is 0 Å². The minimum atomic E-state index is -2.86. The molecule has 2 rings (SSSR count). The van der Waals surface area contributed by atoms with Gasteiger partial charge in [0.2, 0.25) is 0 Å². The number of alkyl halides is 2. The maximum absolute atomic E-state index is 12.2. The number of nitrogens with one attached hydrogen (secondary N) is 2. The quantitative estimate of drug-likeness (QED) is 0.253. The van der Waals surface area contributed by atoms with E-state index in [0.717, 1.165) is 26.2 Å². The zero-order chi connectivity index (χ0) is 21.2. The average Bonchev–Trinajstić information content (AvgIpc) is 2.70. The average molecular weight is 541 g/mol. The first-order valence-electron chi connectivity index (χ1n) is 10.1. The summed E-state index contributed by atoms with van der Waals surface area (Å²) >= 11 is 0. The predicted molar refractivity (Wildman–Crippen MR) is 126 cm³/mol. The molecule has 1 aliphatic heterocycles. The number of nitrogens with zero attached hydrogens (tertiary/aromatic N) is 3. The van der Waals surface area contributed by atoms with Crippen molar-refractivity contribution in [1.29, 1.82) is 0 Å². The maximum atomic E-state index is 12.2. The molecule has 2 atom stereocenters. The Hall–Kier alpha value is -1.24. The summed E-state index contributed by atoms with van der Waals surface area (Å²) in [5.41, 5.74) is 0.612. The number of hydrogen-bond acceptors (Lipinski definition) is 5. The Morgan fingerprint density at radius 1 is 1.17 bits per heavy atom. The number of ether oxygens (including phenoxy) is 1. The van der Waals surface area contributed by atoms with Crippen molar-refractivity contribution in [2.24, 2.45) is 4.99 Å². The van der Waals surface area contributed by atoms with Crippen LogP contribution in [0.4, 0.5) is 8.78 Å². The van der Waals surface area contributed by atoms with Crippen molar-refractivity contribution in [3.63, 3.8) is 0 Å². The van der Waals surface area contributed by atoms with Crippen molar-refractivity contribution >= 4 is 29.9 Å². The number of piperazine rings is 1. The molecule has 10 heteroatoms. The summed E-state index contributed by atoms with van der Waals surface area (Å²) in [4.78, 5) is 9.41. The lowest BCUT2D eigenvalue weighted by molar-refractivity contribution is -0.0498. The fraction of sp³-hybridized carbons (Fsp3) is 0.650.